The zero-order valence-corrected chi connectivity index (χ0v) is 7.85. The summed E-state index contributed by atoms with van der Waals surface area (Å²) in [5, 5.41) is 9.57. The van der Waals surface area contributed by atoms with E-state index in [0.717, 1.165) is 12.8 Å². The molecule has 0 amide bonds. The Bertz CT molecular complexity index is 163. The van der Waals surface area contributed by atoms with Gasteiger partial charge < -0.3 is 14.6 Å². The van der Waals surface area contributed by atoms with Crippen LogP contribution in [0.25, 0.3) is 0 Å². The van der Waals surface area contributed by atoms with Gasteiger partial charge in [-0.15, -0.1) is 12.6 Å². The molecule has 1 saturated carbocycles. The highest BCUT2D eigenvalue weighted by molar-refractivity contribution is 7.81. The van der Waals surface area contributed by atoms with Gasteiger partial charge in [-0.2, -0.15) is 0 Å². The Balaban J connectivity index is 1.97. The van der Waals surface area contributed by atoms with E-state index in [0.29, 0.717) is 26.1 Å². The van der Waals surface area contributed by atoms with Gasteiger partial charge in [-0.25, -0.2) is 0 Å². The Morgan fingerprint density at radius 2 is 1.50 bits per heavy atom. The maximum Gasteiger partial charge on any atom is 0.168 e. The maximum absolute atomic E-state index is 9.57. The third kappa shape index (κ3) is 1.62. The van der Waals surface area contributed by atoms with Gasteiger partial charge in [0.2, 0.25) is 0 Å². The van der Waals surface area contributed by atoms with Crippen molar-refractivity contribution in [2.24, 2.45) is 0 Å². The summed E-state index contributed by atoms with van der Waals surface area (Å²) in [5.41, 5.74) is 0. The van der Waals surface area contributed by atoms with Crippen LogP contribution in [-0.4, -0.2) is 29.0 Å². The van der Waals surface area contributed by atoms with Gasteiger partial charge in [0.1, 0.15) is 4.93 Å². The van der Waals surface area contributed by atoms with Crippen molar-refractivity contribution in [3.05, 3.63) is 0 Å². The van der Waals surface area contributed by atoms with Crippen molar-refractivity contribution in [3.8, 4) is 0 Å². The fraction of sp³-hybridized carbons (Fsp3) is 1.00. The number of ether oxygens (including phenoxy) is 2. The van der Waals surface area contributed by atoms with Crippen molar-refractivity contribution in [2.45, 2.75) is 36.4 Å². The van der Waals surface area contributed by atoms with Gasteiger partial charge in [-0.1, -0.05) is 0 Å². The van der Waals surface area contributed by atoms with Crippen LogP contribution in [0.2, 0.25) is 0 Å². The Labute approximate surface area is 77.5 Å². The van der Waals surface area contributed by atoms with Gasteiger partial charge >= 0.3 is 0 Å². The van der Waals surface area contributed by atoms with Gasteiger partial charge in [0, 0.05) is 12.8 Å². The van der Waals surface area contributed by atoms with E-state index in [4.69, 9.17) is 9.47 Å². The van der Waals surface area contributed by atoms with Crippen LogP contribution in [0.3, 0.4) is 0 Å². The molecule has 1 heterocycles. The number of aliphatic hydroxyl groups is 1. The lowest BCUT2D eigenvalue weighted by Crippen LogP contribution is -2.40. The topological polar surface area (TPSA) is 38.7 Å². The minimum Gasteiger partial charge on any atom is -0.380 e. The monoisotopic (exact) mass is 190 g/mol. The van der Waals surface area contributed by atoms with Crippen molar-refractivity contribution < 1.29 is 14.6 Å². The third-order valence-corrected chi connectivity index (χ3v) is 3.07. The van der Waals surface area contributed by atoms with Crippen molar-refractivity contribution in [3.63, 3.8) is 0 Å². The molecule has 0 bridgehead atoms. The molecule has 0 radical (unpaired) electrons. The zero-order chi connectivity index (χ0) is 8.66. The van der Waals surface area contributed by atoms with E-state index in [1.165, 1.54) is 0 Å². The molecule has 4 heteroatoms. The van der Waals surface area contributed by atoms with Gasteiger partial charge in [0.15, 0.2) is 5.79 Å². The van der Waals surface area contributed by atoms with E-state index in [9.17, 15) is 5.11 Å². The molecule has 1 saturated heterocycles. The van der Waals surface area contributed by atoms with Crippen LogP contribution in [0.1, 0.15) is 25.7 Å². The lowest BCUT2D eigenvalue weighted by molar-refractivity contribution is -0.191. The van der Waals surface area contributed by atoms with Crippen LogP contribution in [0.4, 0.5) is 0 Å². The highest BCUT2D eigenvalue weighted by Gasteiger charge is 2.43. The summed E-state index contributed by atoms with van der Waals surface area (Å²) in [5.74, 6) is -0.380. The second-order valence-corrected chi connectivity index (χ2v) is 4.42. The molecular formula is C8H14O3S. The molecule has 2 rings (SSSR count). The largest absolute Gasteiger partial charge is 0.380 e. The number of thiol groups is 1. The van der Waals surface area contributed by atoms with Crippen LogP contribution in [0, 0.1) is 0 Å². The van der Waals surface area contributed by atoms with E-state index >= 15 is 0 Å². The predicted octanol–water partition coefficient (Wildman–Crippen LogP) is 0.922. The molecule has 3 nitrogen and oxygen atoms in total. The molecule has 1 N–H and O–H groups in total. The maximum atomic E-state index is 9.57. The molecule has 2 aliphatic rings. The Morgan fingerprint density at radius 3 is 2.00 bits per heavy atom. The first kappa shape index (κ1) is 8.81. The van der Waals surface area contributed by atoms with Crippen LogP contribution in [-0.2, 0) is 9.47 Å². The van der Waals surface area contributed by atoms with Crippen LogP contribution in [0.5, 0.6) is 0 Å². The summed E-state index contributed by atoms with van der Waals surface area (Å²) in [7, 11) is 0. The molecule has 0 unspecified atom stereocenters. The van der Waals surface area contributed by atoms with E-state index in [1.807, 2.05) is 0 Å². The SMILES string of the molecule is OC1(S)CCC2(CC1)OCCO2. The number of hydrogen-bond donors (Lipinski definition) is 2. The van der Waals surface area contributed by atoms with Gasteiger partial charge in [-0.3, -0.25) is 0 Å². The van der Waals surface area contributed by atoms with Crippen molar-refractivity contribution >= 4 is 12.6 Å². The van der Waals surface area contributed by atoms with E-state index < -0.39 is 4.93 Å². The summed E-state index contributed by atoms with van der Waals surface area (Å²) in [6.07, 6.45) is 2.81. The lowest BCUT2D eigenvalue weighted by Gasteiger charge is -2.37. The van der Waals surface area contributed by atoms with E-state index in [-0.39, 0.29) is 5.79 Å². The molecular weight excluding hydrogens is 176 g/mol. The van der Waals surface area contributed by atoms with Crippen LogP contribution >= 0.6 is 12.6 Å². The zero-order valence-electron chi connectivity index (χ0n) is 6.95. The molecule has 0 aromatic carbocycles. The van der Waals surface area contributed by atoms with Crippen LogP contribution < -0.4 is 0 Å². The average molecular weight is 190 g/mol. The minimum atomic E-state index is -0.805. The molecule has 0 aromatic rings. The van der Waals surface area contributed by atoms with Crippen LogP contribution in [0.15, 0.2) is 0 Å². The normalized spacial score (nSPS) is 32.5. The number of rotatable bonds is 0. The van der Waals surface area contributed by atoms with Crippen molar-refractivity contribution in [1.82, 2.24) is 0 Å². The van der Waals surface area contributed by atoms with E-state index in [1.54, 1.807) is 0 Å². The Kier molecular flexibility index (Phi) is 2.11. The first-order chi connectivity index (χ1) is 5.62. The molecule has 0 aromatic heterocycles. The first-order valence-corrected chi connectivity index (χ1v) is 4.79. The molecule has 70 valence electrons. The fourth-order valence-electron chi connectivity index (χ4n) is 1.82. The fourth-order valence-corrected chi connectivity index (χ4v) is 2.04. The molecule has 1 spiro atoms. The smallest absolute Gasteiger partial charge is 0.168 e. The first-order valence-electron chi connectivity index (χ1n) is 4.35. The summed E-state index contributed by atoms with van der Waals surface area (Å²) in [4.78, 5) is -0.805. The van der Waals surface area contributed by atoms with Gasteiger partial charge in [0.25, 0.3) is 0 Å². The third-order valence-electron chi connectivity index (χ3n) is 2.63. The van der Waals surface area contributed by atoms with Crippen molar-refractivity contribution in [2.75, 3.05) is 13.2 Å². The predicted molar refractivity (Wildman–Crippen MR) is 47.0 cm³/mol. The molecule has 1 aliphatic carbocycles. The summed E-state index contributed by atoms with van der Waals surface area (Å²) in [6.45, 7) is 1.37. The second kappa shape index (κ2) is 2.87. The molecule has 2 fully saturated rings. The van der Waals surface area contributed by atoms with Crippen molar-refractivity contribution in [1.29, 1.82) is 0 Å². The summed E-state index contributed by atoms with van der Waals surface area (Å²) in [6, 6.07) is 0. The Morgan fingerprint density at radius 1 is 1.00 bits per heavy atom. The number of hydrogen-bond acceptors (Lipinski definition) is 4. The second-order valence-electron chi connectivity index (χ2n) is 3.59. The molecule has 12 heavy (non-hydrogen) atoms. The highest BCUT2D eigenvalue weighted by Crippen LogP contribution is 2.41. The quantitative estimate of drug-likeness (QED) is 0.441. The average Bonchev–Trinajstić information content (AvgIpc) is 2.46. The minimum absolute atomic E-state index is 0.380. The molecule has 1 aliphatic heterocycles. The highest BCUT2D eigenvalue weighted by atomic mass is 32.1. The lowest BCUT2D eigenvalue weighted by atomic mass is 9.91. The molecule has 0 atom stereocenters. The standard InChI is InChI=1S/C8H14O3S/c9-7(12)1-3-8(4-2-7)10-5-6-11-8/h9,12H,1-6H2. The summed E-state index contributed by atoms with van der Waals surface area (Å²) >= 11 is 4.14. The van der Waals surface area contributed by atoms with Gasteiger partial charge in [0.05, 0.1) is 13.2 Å². The Hall–Kier alpha value is 0.230. The summed E-state index contributed by atoms with van der Waals surface area (Å²) < 4.78 is 11.0. The van der Waals surface area contributed by atoms with E-state index in [2.05, 4.69) is 12.6 Å². The van der Waals surface area contributed by atoms with Gasteiger partial charge in [-0.05, 0) is 12.8 Å².